The molecule has 0 bridgehead atoms. The van der Waals surface area contributed by atoms with Gasteiger partial charge in [-0.1, -0.05) is 12.1 Å². The van der Waals surface area contributed by atoms with Crippen LogP contribution in [-0.4, -0.2) is 17.7 Å². The first-order chi connectivity index (χ1) is 11.1. The Morgan fingerprint density at radius 3 is 2.57 bits per heavy atom. The normalized spacial score (nSPS) is 17.1. The SMILES string of the molecule is O=C1C[C@@H](Cc2ccc(C(=O)NCc3ccsc3)cc2)C(=O)N1. The third kappa shape index (κ3) is 3.84. The van der Waals surface area contributed by atoms with E-state index in [1.807, 2.05) is 29.0 Å². The molecule has 2 heterocycles. The van der Waals surface area contributed by atoms with E-state index in [2.05, 4.69) is 10.6 Å². The van der Waals surface area contributed by atoms with Gasteiger partial charge in [-0.15, -0.1) is 0 Å². The van der Waals surface area contributed by atoms with Crippen LogP contribution in [-0.2, 0) is 22.6 Å². The molecule has 1 fully saturated rings. The Morgan fingerprint density at radius 1 is 1.17 bits per heavy atom. The summed E-state index contributed by atoms with van der Waals surface area (Å²) in [7, 11) is 0. The van der Waals surface area contributed by atoms with E-state index in [4.69, 9.17) is 0 Å². The second-order valence-corrected chi connectivity index (χ2v) is 6.31. The van der Waals surface area contributed by atoms with Crippen molar-refractivity contribution < 1.29 is 14.4 Å². The van der Waals surface area contributed by atoms with Crippen LogP contribution in [0.25, 0.3) is 0 Å². The molecule has 1 aromatic carbocycles. The molecule has 118 valence electrons. The van der Waals surface area contributed by atoms with Gasteiger partial charge < -0.3 is 5.32 Å². The molecule has 2 aromatic rings. The van der Waals surface area contributed by atoms with Crippen LogP contribution in [0.2, 0.25) is 0 Å². The van der Waals surface area contributed by atoms with Crippen molar-refractivity contribution in [2.24, 2.45) is 5.92 Å². The molecule has 0 aliphatic carbocycles. The molecule has 1 atom stereocenters. The van der Waals surface area contributed by atoms with Crippen molar-refractivity contribution in [3.05, 3.63) is 57.8 Å². The maximum atomic E-state index is 12.1. The Morgan fingerprint density at radius 2 is 1.96 bits per heavy atom. The number of benzene rings is 1. The lowest BCUT2D eigenvalue weighted by atomic mass is 9.97. The molecule has 1 aliphatic rings. The second kappa shape index (κ2) is 6.75. The molecule has 1 aromatic heterocycles. The van der Waals surface area contributed by atoms with E-state index in [0.717, 1.165) is 11.1 Å². The summed E-state index contributed by atoms with van der Waals surface area (Å²) < 4.78 is 0. The number of hydrogen-bond acceptors (Lipinski definition) is 4. The summed E-state index contributed by atoms with van der Waals surface area (Å²) in [6.45, 7) is 0.508. The van der Waals surface area contributed by atoms with Gasteiger partial charge in [0.1, 0.15) is 0 Å². The van der Waals surface area contributed by atoms with Crippen LogP contribution >= 0.6 is 11.3 Å². The van der Waals surface area contributed by atoms with E-state index >= 15 is 0 Å². The van der Waals surface area contributed by atoms with Crippen LogP contribution in [0, 0.1) is 5.92 Å². The summed E-state index contributed by atoms with van der Waals surface area (Å²) in [5.74, 6) is -0.866. The van der Waals surface area contributed by atoms with E-state index in [0.29, 0.717) is 18.5 Å². The van der Waals surface area contributed by atoms with Gasteiger partial charge in [-0.3, -0.25) is 19.7 Å². The van der Waals surface area contributed by atoms with Crippen LogP contribution in [0.15, 0.2) is 41.1 Å². The number of imide groups is 1. The van der Waals surface area contributed by atoms with Gasteiger partial charge >= 0.3 is 0 Å². The molecule has 2 N–H and O–H groups in total. The predicted molar refractivity (Wildman–Crippen MR) is 86.9 cm³/mol. The van der Waals surface area contributed by atoms with Crippen LogP contribution in [0.1, 0.15) is 27.9 Å². The third-order valence-corrected chi connectivity index (χ3v) is 4.53. The minimum absolute atomic E-state index is 0.128. The van der Waals surface area contributed by atoms with Crippen molar-refractivity contribution in [3.8, 4) is 0 Å². The van der Waals surface area contributed by atoms with Crippen LogP contribution in [0.5, 0.6) is 0 Å². The fourth-order valence-electron chi connectivity index (χ4n) is 2.53. The fraction of sp³-hybridized carbons (Fsp3) is 0.235. The van der Waals surface area contributed by atoms with Gasteiger partial charge in [-0.05, 0) is 46.5 Å². The molecule has 5 nitrogen and oxygen atoms in total. The average molecular weight is 328 g/mol. The van der Waals surface area contributed by atoms with Gasteiger partial charge in [0.2, 0.25) is 11.8 Å². The number of rotatable bonds is 5. The first-order valence-electron chi connectivity index (χ1n) is 7.34. The highest BCUT2D eigenvalue weighted by molar-refractivity contribution is 7.07. The van der Waals surface area contributed by atoms with Crippen molar-refractivity contribution in [2.75, 3.05) is 0 Å². The molecule has 1 aliphatic heterocycles. The van der Waals surface area contributed by atoms with Crippen LogP contribution < -0.4 is 10.6 Å². The first-order valence-corrected chi connectivity index (χ1v) is 8.28. The zero-order chi connectivity index (χ0) is 16.2. The van der Waals surface area contributed by atoms with E-state index in [9.17, 15) is 14.4 Å². The molecule has 0 unspecified atom stereocenters. The molecule has 6 heteroatoms. The van der Waals surface area contributed by atoms with Gasteiger partial charge in [-0.25, -0.2) is 0 Å². The molecule has 0 saturated carbocycles. The monoisotopic (exact) mass is 328 g/mol. The fourth-order valence-corrected chi connectivity index (χ4v) is 3.19. The number of nitrogens with one attached hydrogen (secondary N) is 2. The Hall–Kier alpha value is -2.47. The lowest BCUT2D eigenvalue weighted by Gasteiger charge is -2.08. The van der Waals surface area contributed by atoms with E-state index in [1.54, 1.807) is 23.5 Å². The number of hydrogen-bond donors (Lipinski definition) is 2. The molecular weight excluding hydrogens is 312 g/mol. The summed E-state index contributed by atoms with van der Waals surface area (Å²) >= 11 is 1.60. The number of thiophene rings is 1. The summed E-state index contributed by atoms with van der Waals surface area (Å²) in [5, 5.41) is 9.14. The first kappa shape index (κ1) is 15.4. The van der Waals surface area contributed by atoms with Gasteiger partial charge in [0.25, 0.3) is 5.91 Å². The maximum Gasteiger partial charge on any atom is 0.251 e. The number of amides is 3. The quantitative estimate of drug-likeness (QED) is 0.823. The Balaban J connectivity index is 1.57. The zero-order valence-electron chi connectivity index (χ0n) is 12.4. The second-order valence-electron chi connectivity index (χ2n) is 5.53. The molecular formula is C17H16N2O3S. The van der Waals surface area contributed by atoms with Gasteiger partial charge in [-0.2, -0.15) is 11.3 Å². The lowest BCUT2D eigenvalue weighted by molar-refractivity contribution is -0.125. The topological polar surface area (TPSA) is 75.3 Å². The highest BCUT2D eigenvalue weighted by Crippen LogP contribution is 2.17. The summed E-state index contributed by atoms with van der Waals surface area (Å²) in [5.41, 5.74) is 2.60. The van der Waals surface area contributed by atoms with Crippen molar-refractivity contribution >= 4 is 29.1 Å². The Kier molecular flexibility index (Phi) is 4.52. The number of carbonyl (C=O) groups excluding carboxylic acids is 3. The molecule has 3 amide bonds. The van der Waals surface area contributed by atoms with Crippen LogP contribution in [0.4, 0.5) is 0 Å². The summed E-state index contributed by atoms with van der Waals surface area (Å²) in [4.78, 5) is 34.8. The van der Waals surface area contributed by atoms with Gasteiger partial charge in [0.05, 0.1) is 5.92 Å². The maximum absolute atomic E-state index is 12.1. The number of carbonyl (C=O) groups is 3. The van der Waals surface area contributed by atoms with E-state index in [1.165, 1.54) is 0 Å². The van der Waals surface area contributed by atoms with Crippen molar-refractivity contribution in [1.82, 2.24) is 10.6 Å². The van der Waals surface area contributed by atoms with Crippen LogP contribution in [0.3, 0.4) is 0 Å². The smallest absolute Gasteiger partial charge is 0.251 e. The molecule has 0 spiro atoms. The largest absolute Gasteiger partial charge is 0.348 e. The van der Waals surface area contributed by atoms with Crippen molar-refractivity contribution in [1.29, 1.82) is 0 Å². The Labute approximate surface area is 137 Å². The van der Waals surface area contributed by atoms with E-state index < -0.39 is 0 Å². The third-order valence-electron chi connectivity index (χ3n) is 3.80. The molecule has 1 saturated heterocycles. The molecule has 3 rings (SSSR count). The predicted octanol–water partition coefficient (Wildman–Crippen LogP) is 1.88. The summed E-state index contributed by atoms with van der Waals surface area (Å²) in [6, 6.07) is 9.12. The standard InChI is InChI=1S/C17H16N2O3S/c20-15-8-14(17(22)19-15)7-11-1-3-13(4-2-11)16(21)18-9-12-5-6-23-10-12/h1-6,10,14H,7-9H2,(H,18,21)(H,19,20,22)/t14-/m1/s1. The van der Waals surface area contributed by atoms with Gasteiger partial charge in [0, 0.05) is 18.5 Å². The molecule has 23 heavy (non-hydrogen) atoms. The van der Waals surface area contributed by atoms with E-state index in [-0.39, 0.29) is 30.1 Å². The average Bonchev–Trinajstić information content (AvgIpc) is 3.16. The van der Waals surface area contributed by atoms with Crippen molar-refractivity contribution in [2.45, 2.75) is 19.4 Å². The zero-order valence-corrected chi connectivity index (χ0v) is 13.2. The highest BCUT2D eigenvalue weighted by atomic mass is 32.1. The van der Waals surface area contributed by atoms with Gasteiger partial charge in [0.15, 0.2) is 0 Å². The minimum atomic E-state index is -0.305. The highest BCUT2D eigenvalue weighted by Gasteiger charge is 2.30. The van der Waals surface area contributed by atoms with Crippen molar-refractivity contribution in [3.63, 3.8) is 0 Å². The Bertz CT molecular complexity index is 723. The summed E-state index contributed by atoms with van der Waals surface area (Å²) in [6.07, 6.45) is 0.746. The molecule has 0 radical (unpaired) electrons. The lowest BCUT2D eigenvalue weighted by Crippen LogP contribution is -2.23. The minimum Gasteiger partial charge on any atom is -0.348 e.